The number of fused-ring (bicyclic) bond motifs is 3. The van der Waals surface area contributed by atoms with Crippen LogP contribution >= 0.6 is 0 Å². The van der Waals surface area contributed by atoms with Crippen LogP contribution in [-0.2, 0) is 14.3 Å². The van der Waals surface area contributed by atoms with Crippen molar-refractivity contribution >= 4 is 18.0 Å². The number of likely N-dealkylation sites (N-methyl/N-ethyl adjacent to an activating group) is 1. The number of carboxylic acid groups (broad SMARTS) is 1. The van der Waals surface area contributed by atoms with Crippen molar-refractivity contribution in [2.75, 3.05) is 27.2 Å². The number of hydrogen-bond acceptors (Lipinski definition) is 5. The Morgan fingerprint density at radius 2 is 1.65 bits per heavy atom. The fourth-order valence-corrected chi connectivity index (χ4v) is 5.07. The molecule has 34 heavy (non-hydrogen) atoms. The van der Waals surface area contributed by atoms with E-state index < -0.39 is 24.0 Å². The molecule has 0 radical (unpaired) electrons. The molecule has 0 bridgehead atoms. The minimum Gasteiger partial charge on any atom is -0.480 e. The molecule has 0 spiro atoms. The number of alkyl carbamates (subject to hydrolysis) is 1. The van der Waals surface area contributed by atoms with E-state index in [9.17, 15) is 19.5 Å². The molecule has 3 N–H and O–H groups in total. The number of rotatable bonds is 8. The normalized spacial score (nSPS) is 19.9. The van der Waals surface area contributed by atoms with Crippen LogP contribution in [0.25, 0.3) is 11.1 Å². The van der Waals surface area contributed by atoms with E-state index in [-0.39, 0.29) is 31.0 Å². The van der Waals surface area contributed by atoms with Gasteiger partial charge in [-0.1, -0.05) is 55.0 Å². The zero-order valence-corrected chi connectivity index (χ0v) is 19.5. The number of carbonyl (C=O) groups excluding carboxylic acids is 2. The first-order valence-electron chi connectivity index (χ1n) is 11.6. The molecule has 2 aromatic carbocycles. The van der Waals surface area contributed by atoms with Gasteiger partial charge in [-0.2, -0.15) is 0 Å². The number of amides is 2. The number of nitrogens with zero attached hydrogens (tertiary/aromatic N) is 1. The van der Waals surface area contributed by atoms with Crippen molar-refractivity contribution in [3.05, 3.63) is 59.7 Å². The van der Waals surface area contributed by atoms with Crippen LogP contribution in [0.4, 0.5) is 4.79 Å². The Morgan fingerprint density at radius 1 is 1.03 bits per heavy atom. The molecule has 0 aliphatic heterocycles. The second-order valence-electron chi connectivity index (χ2n) is 9.28. The van der Waals surface area contributed by atoms with E-state index in [0.29, 0.717) is 12.8 Å². The number of carbonyl (C=O) groups is 3. The molecule has 2 aliphatic carbocycles. The first-order valence-corrected chi connectivity index (χ1v) is 11.6. The molecule has 1 fully saturated rings. The maximum absolute atomic E-state index is 12.8. The lowest BCUT2D eigenvalue weighted by molar-refractivity contribution is -0.143. The summed E-state index contributed by atoms with van der Waals surface area (Å²) in [6.45, 7) is 0.394. The van der Waals surface area contributed by atoms with Crippen molar-refractivity contribution in [2.24, 2.45) is 5.92 Å². The number of aliphatic carboxylic acids is 1. The van der Waals surface area contributed by atoms with Gasteiger partial charge in [0.05, 0.1) is 5.92 Å². The zero-order chi connectivity index (χ0) is 24.2. The maximum atomic E-state index is 12.8. The third-order valence-electron chi connectivity index (χ3n) is 6.66. The molecule has 2 aliphatic rings. The molecule has 1 unspecified atom stereocenters. The van der Waals surface area contributed by atoms with Crippen molar-refractivity contribution in [1.82, 2.24) is 15.5 Å². The molecule has 180 valence electrons. The SMILES string of the molecule is CN(C)CC(NC(=O)[C@H]1CCC[C@H]1NC(=O)OCC1c2ccccc2-c2ccccc21)C(=O)O. The number of carboxylic acids is 1. The van der Waals surface area contributed by atoms with Gasteiger partial charge < -0.3 is 25.4 Å². The molecule has 8 heteroatoms. The Bertz CT molecular complexity index is 1020. The standard InChI is InChI=1S/C26H31N3O5/c1-29(2)14-23(25(31)32)27-24(30)20-12-7-13-22(20)28-26(33)34-15-21-18-10-5-3-8-16(18)17-9-4-6-11-19(17)21/h3-6,8-11,20-23H,7,12-15H2,1-2H3,(H,27,30)(H,28,33)(H,31,32)/t20-,22+,23?/m0/s1. The van der Waals surface area contributed by atoms with Crippen molar-refractivity contribution < 1.29 is 24.2 Å². The Labute approximate surface area is 199 Å². The Kier molecular flexibility index (Phi) is 7.17. The van der Waals surface area contributed by atoms with Crippen molar-refractivity contribution in [3.8, 4) is 11.1 Å². The highest BCUT2D eigenvalue weighted by atomic mass is 16.5. The van der Waals surface area contributed by atoms with Crippen LogP contribution in [0.15, 0.2) is 48.5 Å². The Morgan fingerprint density at radius 3 is 2.24 bits per heavy atom. The quantitative estimate of drug-likeness (QED) is 0.553. The minimum atomic E-state index is -1.08. The summed E-state index contributed by atoms with van der Waals surface area (Å²) in [4.78, 5) is 38.7. The first kappa shape index (κ1) is 23.8. The molecule has 2 amide bonds. The second kappa shape index (κ2) is 10.3. The average Bonchev–Trinajstić information content (AvgIpc) is 3.39. The van der Waals surface area contributed by atoms with Crippen LogP contribution in [-0.4, -0.2) is 67.3 Å². The fraction of sp³-hybridized carbons (Fsp3) is 0.423. The first-order chi connectivity index (χ1) is 16.3. The second-order valence-corrected chi connectivity index (χ2v) is 9.28. The predicted molar refractivity (Wildman–Crippen MR) is 127 cm³/mol. The van der Waals surface area contributed by atoms with Gasteiger partial charge >= 0.3 is 12.1 Å². The smallest absolute Gasteiger partial charge is 0.407 e. The predicted octanol–water partition coefficient (Wildman–Crippen LogP) is 2.82. The monoisotopic (exact) mass is 465 g/mol. The molecule has 1 saturated carbocycles. The topological polar surface area (TPSA) is 108 Å². The molecular weight excluding hydrogens is 434 g/mol. The van der Waals surface area contributed by atoms with Crippen molar-refractivity contribution in [3.63, 3.8) is 0 Å². The summed E-state index contributed by atoms with van der Waals surface area (Å²) in [5.41, 5.74) is 4.58. The van der Waals surface area contributed by atoms with Gasteiger partial charge in [-0.15, -0.1) is 0 Å². The average molecular weight is 466 g/mol. The van der Waals surface area contributed by atoms with E-state index in [1.165, 1.54) is 0 Å². The fourth-order valence-electron chi connectivity index (χ4n) is 5.07. The summed E-state index contributed by atoms with van der Waals surface area (Å²) < 4.78 is 5.62. The van der Waals surface area contributed by atoms with Gasteiger partial charge in [0.15, 0.2) is 0 Å². The lowest BCUT2D eigenvalue weighted by Crippen LogP contribution is -2.51. The maximum Gasteiger partial charge on any atom is 0.407 e. The Balaban J connectivity index is 1.36. The lowest BCUT2D eigenvalue weighted by Gasteiger charge is -2.24. The van der Waals surface area contributed by atoms with Gasteiger partial charge in [0.2, 0.25) is 5.91 Å². The molecule has 0 aromatic heterocycles. The third-order valence-corrected chi connectivity index (χ3v) is 6.66. The third kappa shape index (κ3) is 5.07. The number of ether oxygens (including phenoxy) is 1. The van der Waals surface area contributed by atoms with Crippen LogP contribution in [0.1, 0.15) is 36.3 Å². The summed E-state index contributed by atoms with van der Waals surface area (Å²) >= 11 is 0. The van der Waals surface area contributed by atoms with Crippen molar-refractivity contribution in [1.29, 1.82) is 0 Å². The van der Waals surface area contributed by atoms with Crippen LogP contribution < -0.4 is 10.6 Å². The molecule has 0 saturated heterocycles. The zero-order valence-electron chi connectivity index (χ0n) is 19.5. The van der Waals surface area contributed by atoms with Crippen LogP contribution in [0, 0.1) is 5.92 Å². The summed E-state index contributed by atoms with van der Waals surface area (Å²) in [7, 11) is 3.50. The van der Waals surface area contributed by atoms with Crippen LogP contribution in [0.3, 0.4) is 0 Å². The van der Waals surface area contributed by atoms with E-state index in [1.807, 2.05) is 24.3 Å². The highest BCUT2D eigenvalue weighted by Gasteiger charge is 2.36. The van der Waals surface area contributed by atoms with Gasteiger partial charge in [0, 0.05) is 18.5 Å². The summed E-state index contributed by atoms with van der Waals surface area (Å²) in [6, 6.07) is 14.9. The van der Waals surface area contributed by atoms with Crippen molar-refractivity contribution in [2.45, 2.75) is 37.3 Å². The molecule has 4 rings (SSSR count). The van der Waals surface area contributed by atoms with E-state index in [4.69, 9.17) is 4.74 Å². The largest absolute Gasteiger partial charge is 0.480 e. The number of benzene rings is 2. The van der Waals surface area contributed by atoms with Gasteiger partial charge in [-0.25, -0.2) is 9.59 Å². The van der Waals surface area contributed by atoms with Gasteiger partial charge in [-0.05, 0) is 49.2 Å². The molecule has 3 atom stereocenters. The van der Waals surface area contributed by atoms with Gasteiger partial charge in [-0.3, -0.25) is 4.79 Å². The van der Waals surface area contributed by atoms with Crippen LogP contribution in [0.5, 0.6) is 0 Å². The van der Waals surface area contributed by atoms with Crippen LogP contribution in [0.2, 0.25) is 0 Å². The summed E-state index contributed by atoms with van der Waals surface area (Å²) in [5, 5.41) is 14.9. The highest BCUT2D eigenvalue weighted by Crippen LogP contribution is 2.44. The van der Waals surface area contributed by atoms with Gasteiger partial charge in [0.1, 0.15) is 12.6 Å². The number of hydrogen-bond donors (Lipinski definition) is 3. The van der Waals surface area contributed by atoms with Gasteiger partial charge in [0.25, 0.3) is 0 Å². The molecule has 2 aromatic rings. The van der Waals surface area contributed by atoms with E-state index >= 15 is 0 Å². The minimum absolute atomic E-state index is 0.0387. The lowest BCUT2D eigenvalue weighted by atomic mass is 9.98. The molecular formula is C26H31N3O5. The summed E-state index contributed by atoms with van der Waals surface area (Å²) in [5.74, 6) is -1.95. The highest BCUT2D eigenvalue weighted by molar-refractivity contribution is 5.86. The Hall–Kier alpha value is -3.39. The van der Waals surface area contributed by atoms with E-state index in [1.54, 1.807) is 19.0 Å². The van der Waals surface area contributed by atoms with E-state index in [0.717, 1.165) is 28.7 Å². The summed E-state index contributed by atoms with van der Waals surface area (Å²) in [6.07, 6.45) is 1.45. The van der Waals surface area contributed by atoms with E-state index in [2.05, 4.69) is 34.9 Å². The molecule has 8 nitrogen and oxygen atoms in total. The number of nitrogens with one attached hydrogen (secondary N) is 2. The molecule has 0 heterocycles.